The van der Waals surface area contributed by atoms with E-state index in [2.05, 4.69) is 17.1 Å². The maximum atomic E-state index is 3.98. The van der Waals surface area contributed by atoms with Crippen LogP contribution >= 0.6 is 0 Å². The molecular weight excluding hydrogens is 196 g/mol. The minimum absolute atomic E-state index is 0.817. The third kappa shape index (κ3) is 2.14. The molecule has 3 aliphatic rings. The van der Waals surface area contributed by atoms with Crippen molar-refractivity contribution in [3.05, 3.63) is 0 Å². The van der Waals surface area contributed by atoms with Crippen LogP contribution < -0.4 is 5.32 Å². The van der Waals surface area contributed by atoms with Crippen LogP contribution in [0.5, 0.6) is 0 Å². The Morgan fingerprint density at radius 1 is 1.00 bits per heavy atom. The number of nitrogens with zero attached hydrogens (tertiary/aromatic N) is 1. The first-order valence-electron chi connectivity index (χ1n) is 7.33. The van der Waals surface area contributed by atoms with Gasteiger partial charge < -0.3 is 5.32 Å². The van der Waals surface area contributed by atoms with Crippen molar-refractivity contribution in [3.63, 3.8) is 0 Å². The standard InChI is InChI=1S/C14H26N2/c1-11-4-2-5-12(10-11)15-13-7-9-16-8-3-6-14(13)16/h11-15H,2-10H2,1H3. The highest BCUT2D eigenvalue weighted by Crippen LogP contribution is 2.30. The lowest BCUT2D eigenvalue weighted by Crippen LogP contribution is -2.46. The summed E-state index contributed by atoms with van der Waals surface area (Å²) in [6.07, 6.45) is 10.0. The van der Waals surface area contributed by atoms with Gasteiger partial charge in [-0.05, 0) is 44.6 Å². The molecular formula is C14H26N2. The molecule has 1 saturated carbocycles. The normalized spacial score (nSPS) is 44.8. The fourth-order valence-electron chi connectivity index (χ4n) is 4.17. The molecule has 0 aromatic carbocycles. The van der Waals surface area contributed by atoms with Crippen molar-refractivity contribution in [2.45, 2.75) is 70.0 Å². The van der Waals surface area contributed by atoms with Gasteiger partial charge in [0.05, 0.1) is 0 Å². The summed E-state index contributed by atoms with van der Waals surface area (Å²) in [6.45, 7) is 5.14. The van der Waals surface area contributed by atoms with Gasteiger partial charge in [-0.2, -0.15) is 0 Å². The van der Waals surface area contributed by atoms with E-state index < -0.39 is 0 Å². The molecule has 2 aliphatic heterocycles. The minimum atomic E-state index is 0.817. The molecule has 0 amide bonds. The lowest BCUT2D eigenvalue weighted by atomic mass is 9.86. The molecule has 0 aromatic heterocycles. The minimum Gasteiger partial charge on any atom is -0.310 e. The summed E-state index contributed by atoms with van der Waals surface area (Å²) in [4.78, 5) is 2.71. The van der Waals surface area contributed by atoms with Gasteiger partial charge in [-0.15, -0.1) is 0 Å². The van der Waals surface area contributed by atoms with E-state index in [1.807, 2.05) is 0 Å². The van der Waals surface area contributed by atoms with E-state index in [4.69, 9.17) is 0 Å². The Morgan fingerprint density at radius 3 is 2.81 bits per heavy atom. The zero-order chi connectivity index (χ0) is 11.0. The average molecular weight is 222 g/mol. The Bertz CT molecular complexity index is 241. The van der Waals surface area contributed by atoms with Crippen molar-refractivity contribution in [1.29, 1.82) is 0 Å². The highest BCUT2D eigenvalue weighted by molar-refractivity contribution is 4.97. The summed E-state index contributed by atoms with van der Waals surface area (Å²) in [5.41, 5.74) is 0. The molecule has 0 radical (unpaired) electrons. The van der Waals surface area contributed by atoms with Gasteiger partial charge in [-0.3, -0.25) is 4.90 Å². The summed E-state index contributed by atoms with van der Waals surface area (Å²) >= 11 is 0. The second-order valence-corrected chi connectivity index (χ2v) is 6.28. The van der Waals surface area contributed by atoms with Gasteiger partial charge in [-0.1, -0.05) is 19.8 Å². The summed E-state index contributed by atoms with van der Waals surface area (Å²) in [6, 6.07) is 2.53. The van der Waals surface area contributed by atoms with Crippen molar-refractivity contribution < 1.29 is 0 Å². The highest BCUT2D eigenvalue weighted by atomic mass is 15.2. The van der Waals surface area contributed by atoms with Crippen molar-refractivity contribution in [3.8, 4) is 0 Å². The van der Waals surface area contributed by atoms with Gasteiger partial charge in [0, 0.05) is 24.7 Å². The molecule has 0 spiro atoms. The van der Waals surface area contributed by atoms with Gasteiger partial charge in [0.1, 0.15) is 0 Å². The Hall–Kier alpha value is -0.0800. The van der Waals surface area contributed by atoms with Crippen molar-refractivity contribution in [2.75, 3.05) is 13.1 Å². The van der Waals surface area contributed by atoms with Crippen LogP contribution in [0.2, 0.25) is 0 Å². The molecule has 4 atom stereocenters. The SMILES string of the molecule is CC1CCCC(NC2CCN3CCCC23)C1. The van der Waals surface area contributed by atoms with E-state index >= 15 is 0 Å². The smallest absolute Gasteiger partial charge is 0.0250 e. The first-order chi connectivity index (χ1) is 7.83. The lowest BCUT2D eigenvalue weighted by molar-refractivity contribution is 0.248. The fourth-order valence-corrected chi connectivity index (χ4v) is 4.17. The van der Waals surface area contributed by atoms with Crippen LogP contribution in [0.4, 0.5) is 0 Å². The zero-order valence-corrected chi connectivity index (χ0v) is 10.6. The van der Waals surface area contributed by atoms with Gasteiger partial charge in [-0.25, -0.2) is 0 Å². The maximum absolute atomic E-state index is 3.98. The molecule has 4 unspecified atom stereocenters. The molecule has 2 heterocycles. The first-order valence-corrected chi connectivity index (χ1v) is 7.33. The molecule has 92 valence electrons. The van der Waals surface area contributed by atoms with Crippen LogP contribution in [0, 0.1) is 5.92 Å². The molecule has 1 aliphatic carbocycles. The Kier molecular flexibility index (Phi) is 3.21. The summed E-state index contributed by atoms with van der Waals surface area (Å²) < 4.78 is 0. The number of hydrogen-bond acceptors (Lipinski definition) is 2. The summed E-state index contributed by atoms with van der Waals surface area (Å²) in [5.74, 6) is 0.951. The molecule has 0 bridgehead atoms. The van der Waals surface area contributed by atoms with E-state index in [1.54, 1.807) is 0 Å². The third-order valence-corrected chi connectivity index (χ3v) is 4.99. The summed E-state index contributed by atoms with van der Waals surface area (Å²) in [7, 11) is 0. The third-order valence-electron chi connectivity index (χ3n) is 4.99. The van der Waals surface area contributed by atoms with Gasteiger partial charge in [0.25, 0.3) is 0 Å². The molecule has 3 fully saturated rings. The van der Waals surface area contributed by atoms with E-state index in [0.717, 1.165) is 24.0 Å². The average Bonchev–Trinajstić information content (AvgIpc) is 2.83. The van der Waals surface area contributed by atoms with E-state index in [-0.39, 0.29) is 0 Å². The van der Waals surface area contributed by atoms with Crippen LogP contribution in [0.15, 0.2) is 0 Å². The predicted octanol–water partition coefficient (Wildman–Crippen LogP) is 2.39. The van der Waals surface area contributed by atoms with E-state index in [0.29, 0.717) is 0 Å². The number of hydrogen-bond donors (Lipinski definition) is 1. The predicted molar refractivity (Wildman–Crippen MR) is 67.6 cm³/mol. The second kappa shape index (κ2) is 4.66. The van der Waals surface area contributed by atoms with E-state index in [9.17, 15) is 0 Å². The number of rotatable bonds is 2. The van der Waals surface area contributed by atoms with E-state index in [1.165, 1.54) is 58.0 Å². The Balaban J connectivity index is 1.54. The Labute approximate surface area is 99.8 Å². The zero-order valence-electron chi connectivity index (χ0n) is 10.6. The quantitative estimate of drug-likeness (QED) is 0.772. The Morgan fingerprint density at radius 2 is 1.94 bits per heavy atom. The topological polar surface area (TPSA) is 15.3 Å². The van der Waals surface area contributed by atoms with Crippen molar-refractivity contribution in [1.82, 2.24) is 10.2 Å². The monoisotopic (exact) mass is 222 g/mol. The van der Waals surface area contributed by atoms with Gasteiger partial charge in [0.2, 0.25) is 0 Å². The van der Waals surface area contributed by atoms with Gasteiger partial charge in [0.15, 0.2) is 0 Å². The molecule has 3 rings (SSSR count). The highest BCUT2D eigenvalue weighted by Gasteiger charge is 2.38. The molecule has 0 aromatic rings. The van der Waals surface area contributed by atoms with Crippen LogP contribution in [0.25, 0.3) is 0 Å². The maximum Gasteiger partial charge on any atom is 0.0250 e. The molecule has 1 N–H and O–H groups in total. The van der Waals surface area contributed by atoms with Crippen molar-refractivity contribution in [2.24, 2.45) is 5.92 Å². The van der Waals surface area contributed by atoms with Crippen molar-refractivity contribution >= 4 is 0 Å². The molecule has 16 heavy (non-hydrogen) atoms. The van der Waals surface area contributed by atoms with Crippen LogP contribution in [0.1, 0.15) is 51.9 Å². The summed E-state index contributed by atoms with van der Waals surface area (Å²) in [5, 5.41) is 3.98. The molecule has 2 heteroatoms. The van der Waals surface area contributed by atoms with Crippen LogP contribution in [0.3, 0.4) is 0 Å². The fraction of sp³-hybridized carbons (Fsp3) is 1.00. The molecule has 2 saturated heterocycles. The lowest BCUT2D eigenvalue weighted by Gasteiger charge is -2.32. The number of fused-ring (bicyclic) bond motifs is 1. The molecule has 2 nitrogen and oxygen atoms in total. The largest absolute Gasteiger partial charge is 0.310 e. The van der Waals surface area contributed by atoms with Crippen LogP contribution in [-0.2, 0) is 0 Å². The van der Waals surface area contributed by atoms with Gasteiger partial charge >= 0.3 is 0 Å². The number of nitrogens with one attached hydrogen (secondary N) is 1. The first kappa shape index (κ1) is 11.0. The second-order valence-electron chi connectivity index (χ2n) is 6.28. The van der Waals surface area contributed by atoms with Crippen LogP contribution in [-0.4, -0.2) is 36.1 Å².